The Kier molecular flexibility index (Phi) is 3.23. The zero-order valence-corrected chi connectivity index (χ0v) is 10.3. The van der Waals surface area contributed by atoms with Gasteiger partial charge in [-0.3, -0.25) is 9.78 Å². The molecule has 0 saturated heterocycles. The van der Waals surface area contributed by atoms with E-state index in [1.54, 1.807) is 12.1 Å². The molecule has 0 aliphatic heterocycles. The lowest BCUT2D eigenvalue weighted by Gasteiger charge is -2.19. The van der Waals surface area contributed by atoms with Crippen LogP contribution in [0.1, 0.15) is 31.7 Å². The maximum absolute atomic E-state index is 11.1. The molecule has 1 heterocycles. The summed E-state index contributed by atoms with van der Waals surface area (Å²) in [7, 11) is 0. The Bertz CT molecular complexity index is 623. The van der Waals surface area contributed by atoms with Gasteiger partial charge in [0, 0.05) is 0 Å². The maximum atomic E-state index is 11.1. The molecular formula is C13H15NO4. The smallest absolute Gasteiger partial charge is 0.417 e. The number of aromatic nitrogens is 1. The van der Waals surface area contributed by atoms with Gasteiger partial charge in [0.15, 0.2) is 5.58 Å². The summed E-state index contributed by atoms with van der Waals surface area (Å²) in [6.07, 6.45) is 0.0747. The van der Waals surface area contributed by atoms with Gasteiger partial charge >= 0.3 is 11.7 Å². The second-order valence-corrected chi connectivity index (χ2v) is 4.72. The van der Waals surface area contributed by atoms with E-state index in [4.69, 9.17) is 9.52 Å². The standard InChI is InChI=1S/C13H15NO4/c1-7(2)9(6-12(15)16)8-3-4-11-10(5-8)14-13(17)18-11/h3-5,7,9H,6H2,1-2H3,(H,14,17)(H,15,16). The number of fused-ring (bicyclic) bond motifs is 1. The first-order valence-electron chi connectivity index (χ1n) is 5.82. The number of oxazole rings is 1. The normalized spacial score (nSPS) is 13.1. The minimum atomic E-state index is -0.825. The topological polar surface area (TPSA) is 83.3 Å². The summed E-state index contributed by atoms with van der Waals surface area (Å²) in [6.45, 7) is 3.96. The lowest BCUT2D eigenvalue weighted by Crippen LogP contribution is -2.12. The van der Waals surface area contributed by atoms with Gasteiger partial charge < -0.3 is 9.52 Å². The molecule has 0 radical (unpaired) electrons. The third kappa shape index (κ3) is 2.45. The van der Waals surface area contributed by atoms with Crippen molar-refractivity contribution in [2.75, 3.05) is 0 Å². The number of nitrogens with one attached hydrogen (secondary N) is 1. The van der Waals surface area contributed by atoms with Crippen molar-refractivity contribution in [1.29, 1.82) is 0 Å². The predicted octanol–water partition coefficient (Wildman–Crippen LogP) is 2.34. The van der Waals surface area contributed by atoms with Crippen molar-refractivity contribution in [2.45, 2.75) is 26.2 Å². The molecule has 5 heteroatoms. The Morgan fingerprint density at radius 1 is 1.44 bits per heavy atom. The van der Waals surface area contributed by atoms with Crippen LogP contribution in [0, 0.1) is 5.92 Å². The third-order valence-corrected chi connectivity index (χ3v) is 3.07. The molecule has 5 nitrogen and oxygen atoms in total. The minimum Gasteiger partial charge on any atom is -0.481 e. The number of hydrogen-bond acceptors (Lipinski definition) is 3. The first kappa shape index (κ1) is 12.4. The van der Waals surface area contributed by atoms with Crippen LogP contribution in [-0.2, 0) is 4.79 Å². The molecule has 1 atom stereocenters. The quantitative estimate of drug-likeness (QED) is 0.871. The lowest BCUT2D eigenvalue weighted by atomic mass is 9.86. The molecule has 0 spiro atoms. The number of aromatic amines is 1. The Labute approximate surface area is 103 Å². The van der Waals surface area contributed by atoms with Crippen LogP contribution in [0.2, 0.25) is 0 Å². The molecule has 2 aromatic rings. The molecule has 0 aliphatic rings. The molecule has 0 saturated carbocycles. The molecule has 1 aromatic carbocycles. The molecule has 1 unspecified atom stereocenters. The molecule has 0 bridgehead atoms. The molecular weight excluding hydrogens is 234 g/mol. The summed E-state index contributed by atoms with van der Waals surface area (Å²) in [6, 6.07) is 5.29. The lowest BCUT2D eigenvalue weighted by molar-refractivity contribution is -0.137. The van der Waals surface area contributed by atoms with Crippen LogP contribution >= 0.6 is 0 Å². The highest BCUT2D eigenvalue weighted by Gasteiger charge is 2.20. The van der Waals surface area contributed by atoms with Crippen molar-refractivity contribution in [3.8, 4) is 0 Å². The maximum Gasteiger partial charge on any atom is 0.417 e. The third-order valence-electron chi connectivity index (χ3n) is 3.07. The summed E-state index contributed by atoms with van der Waals surface area (Å²) in [5.41, 5.74) is 1.99. The van der Waals surface area contributed by atoms with E-state index in [1.165, 1.54) is 0 Å². The van der Waals surface area contributed by atoms with Gasteiger partial charge in [-0.15, -0.1) is 0 Å². The van der Waals surface area contributed by atoms with Crippen LogP contribution in [-0.4, -0.2) is 16.1 Å². The van der Waals surface area contributed by atoms with Crippen molar-refractivity contribution >= 4 is 17.1 Å². The first-order valence-corrected chi connectivity index (χ1v) is 5.82. The van der Waals surface area contributed by atoms with Crippen molar-refractivity contribution in [1.82, 2.24) is 4.98 Å². The predicted molar refractivity (Wildman–Crippen MR) is 66.7 cm³/mol. The van der Waals surface area contributed by atoms with Crippen LogP contribution in [0.25, 0.3) is 11.1 Å². The molecule has 18 heavy (non-hydrogen) atoms. The van der Waals surface area contributed by atoms with Gasteiger partial charge in [-0.25, -0.2) is 4.79 Å². The average molecular weight is 249 g/mol. The van der Waals surface area contributed by atoms with Crippen molar-refractivity contribution in [2.24, 2.45) is 5.92 Å². The van der Waals surface area contributed by atoms with Crippen molar-refractivity contribution in [3.63, 3.8) is 0 Å². The van der Waals surface area contributed by atoms with E-state index >= 15 is 0 Å². The summed E-state index contributed by atoms with van der Waals surface area (Å²) >= 11 is 0. The van der Waals surface area contributed by atoms with Crippen LogP contribution in [0.3, 0.4) is 0 Å². The Balaban J connectivity index is 2.43. The number of H-pyrrole nitrogens is 1. The fourth-order valence-corrected chi connectivity index (χ4v) is 2.13. The van der Waals surface area contributed by atoms with Crippen molar-refractivity contribution in [3.05, 3.63) is 34.3 Å². The van der Waals surface area contributed by atoms with Gasteiger partial charge in [-0.2, -0.15) is 0 Å². The van der Waals surface area contributed by atoms with E-state index in [9.17, 15) is 9.59 Å². The van der Waals surface area contributed by atoms with Gasteiger partial charge in [-0.05, 0) is 29.5 Å². The SMILES string of the molecule is CC(C)C(CC(=O)O)c1ccc2oc(=O)[nH]c2c1. The molecule has 2 N–H and O–H groups in total. The molecule has 2 rings (SSSR count). The second-order valence-electron chi connectivity index (χ2n) is 4.72. The number of carboxylic acid groups (broad SMARTS) is 1. The molecule has 0 amide bonds. The van der Waals surface area contributed by atoms with E-state index in [2.05, 4.69) is 4.98 Å². The zero-order chi connectivity index (χ0) is 13.3. The first-order chi connectivity index (χ1) is 8.47. The van der Waals surface area contributed by atoms with Crippen LogP contribution in [0.4, 0.5) is 0 Å². The molecule has 96 valence electrons. The zero-order valence-electron chi connectivity index (χ0n) is 10.3. The highest BCUT2D eigenvalue weighted by molar-refractivity contribution is 5.74. The highest BCUT2D eigenvalue weighted by Crippen LogP contribution is 2.29. The fourth-order valence-electron chi connectivity index (χ4n) is 2.13. The number of carboxylic acids is 1. The minimum absolute atomic E-state index is 0.0747. The summed E-state index contributed by atoms with van der Waals surface area (Å²) in [4.78, 5) is 24.5. The number of hydrogen-bond donors (Lipinski definition) is 2. The largest absolute Gasteiger partial charge is 0.481 e. The van der Waals surface area contributed by atoms with Gasteiger partial charge in [0.05, 0.1) is 11.9 Å². The summed E-state index contributed by atoms with van der Waals surface area (Å²) in [5.74, 6) is -1.20. The number of rotatable bonds is 4. The van der Waals surface area contributed by atoms with E-state index in [-0.39, 0.29) is 18.3 Å². The summed E-state index contributed by atoms with van der Waals surface area (Å²) < 4.78 is 4.92. The molecule has 1 aromatic heterocycles. The van der Waals surface area contributed by atoms with E-state index in [1.807, 2.05) is 19.9 Å². The molecule has 0 fully saturated rings. The summed E-state index contributed by atoms with van der Waals surface area (Å²) in [5, 5.41) is 8.94. The van der Waals surface area contributed by atoms with Gasteiger partial charge in [0.2, 0.25) is 0 Å². The van der Waals surface area contributed by atoms with Crippen LogP contribution in [0.5, 0.6) is 0 Å². The average Bonchev–Trinajstić information content (AvgIpc) is 2.64. The van der Waals surface area contributed by atoms with E-state index < -0.39 is 11.7 Å². The van der Waals surface area contributed by atoms with Crippen LogP contribution in [0.15, 0.2) is 27.4 Å². The van der Waals surface area contributed by atoms with Crippen molar-refractivity contribution < 1.29 is 14.3 Å². The second kappa shape index (κ2) is 4.68. The molecule has 0 aliphatic carbocycles. The van der Waals surface area contributed by atoms with E-state index in [0.29, 0.717) is 11.1 Å². The van der Waals surface area contributed by atoms with Gasteiger partial charge in [-0.1, -0.05) is 19.9 Å². The van der Waals surface area contributed by atoms with E-state index in [0.717, 1.165) is 5.56 Å². The monoisotopic (exact) mass is 249 g/mol. The highest BCUT2D eigenvalue weighted by atomic mass is 16.4. The van der Waals surface area contributed by atoms with Gasteiger partial charge in [0.25, 0.3) is 0 Å². The Morgan fingerprint density at radius 3 is 2.78 bits per heavy atom. The number of benzene rings is 1. The Morgan fingerprint density at radius 2 is 2.17 bits per heavy atom. The number of carbonyl (C=O) groups is 1. The Hall–Kier alpha value is -2.04. The number of aliphatic carboxylic acids is 1. The van der Waals surface area contributed by atoms with Gasteiger partial charge in [0.1, 0.15) is 0 Å². The van der Waals surface area contributed by atoms with Crippen LogP contribution < -0.4 is 5.76 Å². The fraction of sp³-hybridized carbons (Fsp3) is 0.385.